The minimum Gasteiger partial charge on any atom is -0.475 e. The normalized spacial score (nSPS) is 13.0. The summed E-state index contributed by atoms with van der Waals surface area (Å²) in [6, 6.07) is 21.7. The topological polar surface area (TPSA) is 121 Å². The number of aromatic nitrogens is 2. The van der Waals surface area contributed by atoms with Crippen molar-refractivity contribution in [2.24, 2.45) is 16.5 Å². The standard InChI is InChI=1S/C20H23N3O2.C9H9Cl2N3O.ClH/c1-16-14-20(25-13-10-22-8-11-24-12-9-22)21-23(16)19-7-6-17-4-2-3-5-18(17)15-19;10-6-2-1-3-7(11)5(6)4-8(15)14-9(12)13;/h2-7,14-15H,8-13H2,1H3;1-3H,4H2,(H4,12,13,14,15);1H. The summed E-state index contributed by atoms with van der Waals surface area (Å²) in [4.78, 5) is 17.0. The maximum Gasteiger partial charge on any atom is 0.253 e. The summed E-state index contributed by atoms with van der Waals surface area (Å²) in [5.41, 5.74) is 12.8. The van der Waals surface area contributed by atoms with Crippen molar-refractivity contribution in [2.45, 2.75) is 13.3 Å². The van der Waals surface area contributed by atoms with Gasteiger partial charge in [-0.1, -0.05) is 59.6 Å². The molecular formula is C29H33Cl3N6O3. The molecule has 4 aromatic rings. The lowest BCUT2D eigenvalue weighted by Crippen LogP contribution is -2.38. The number of amides is 1. The lowest BCUT2D eigenvalue weighted by Gasteiger charge is -2.26. The van der Waals surface area contributed by atoms with Crippen molar-refractivity contribution in [1.29, 1.82) is 0 Å². The van der Waals surface area contributed by atoms with E-state index in [0.717, 1.165) is 44.2 Å². The minimum atomic E-state index is -0.481. The largest absolute Gasteiger partial charge is 0.475 e. The predicted octanol–water partition coefficient (Wildman–Crippen LogP) is 4.80. The fourth-order valence-electron chi connectivity index (χ4n) is 4.23. The Morgan fingerprint density at radius 3 is 2.37 bits per heavy atom. The molecule has 0 spiro atoms. The van der Waals surface area contributed by atoms with Crippen LogP contribution in [0.3, 0.4) is 0 Å². The summed E-state index contributed by atoms with van der Waals surface area (Å²) in [6.45, 7) is 7.20. The van der Waals surface area contributed by atoms with Crippen LogP contribution in [-0.4, -0.2) is 66.0 Å². The number of morpholine rings is 1. The predicted molar refractivity (Wildman–Crippen MR) is 167 cm³/mol. The zero-order valence-electron chi connectivity index (χ0n) is 22.6. The van der Waals surface area contributed by atoms with E-state index >= 15 is 0 Å². The number of aryl methyl sites for hydroxylation is 1. The number of hydrogen-bond acceptors (Lipinski definition) is 5. The molecule has 0 aliphatic carbocycles. The first-order valence-corrected chi connectivity index (χ1v) is 13.6. The molecule has 12 heteroatoms. The molecular weight excluding hydrogens is 587 g/mol. The minimum absolute atomic E-state index is 0. The van der Waals surface area contributed by atoms with Gasteiger partial charge in [0.25, 0.3) is 5.91 Å². The monoisotopic (exact) mass is 618 g/mol. The van der Waals surface area contributed by atoms with Gasteiger partial charge in [-0.05, 0) is 47.5 Å². The number of guanidine groups is 1. The number of aliphatic imine (C=N–C) groups is 1. The fraction of sp³-hybridized carbons (Fsp3) is 0.276. The highest BCUT2D eigenvalue weighted by atomic mass is 35.5. The third-order valence-corrected chi connectivity index (χ3v) is 6.96. The van der Waals surface area contributed by atoms with Gasteiger partial charge in [0.15, 0.2) is 5.96 Å². The highest BCUT2D eigenvalue weighted by Crippen LogP contribution is 2.25. The van der Waals surface area contributed by atoms with E-state index in [0.29, 0.717) is 28.1 Å². The molecule has 1 aromatic heterocycles. The van der Waals surface area contributed by atoms with E-state index in [1.165, 1.54) is 10.8 Å². The first-order chi connectivity index (χ1) is 19.3. The van der Waals surface area contributed by atoms with E-state index in [2.05, 4.69) is 64.4 Å². The average molecular weight is 620 g/mol. The molecule has 1 fully saturated rings. The number of carbonyl (C=O) groups is 1. The van der Waals surface area contributed by atoms with E-state index in [1.54, 1.807) is 18.2 Å². The third kappa shape index (κ3) is 9.34. The Labute approximate surface area is 255 Å². The number of fused-ring (bicyclic) bond motifs is 1. The molecule has 218 valence electrons. The van der Waals surface area contributed by atoms with Gasteiger partial charge in [0.05, 0.1) is 25.3 Å². The zero-order valence-corrected chi connectivity index (χ0v) is 25.0. The first kappa shape index (κ1) is 32.2. The van der Waals surface area contributed by atoms with Gasteiger partial charge in [-0.15, -0.1) is 17.5 Å². The molecule has 1 amide bonds. The molecule has 3 aromatic carbocycles. The number of benzene rings is 3. The van der Waals surface area contributed by atoms with Crippen molar-refractivity contribution in [3.63, 3.8) is 0 Å². The molecule has 1 aliphatic rings. The average Bonchev–Trinajstić information content (AvgIpc) is 3.31. The van der Waals surface area contributed by atoms with E-state index in [-0.39, 0.29) is 24.8 Å². The molecule has 5 rings (SSSR count). The van der Waals surface area contributed by atoms with Crippen LogP contribution in [0.5, 0.6) is 5.88 Å². The van der Waals surface area contributed by atoms with Crippen molar-refractivity contribution in [3.8, 4) is 11.6 Å². The molecule has 0 radical (unpaired) electrons. The number of hydrogen-bond donors (Lipinski definition) is 2. The molecule has 2 heterocycles. The van der Waals surface area contributed by atoms with Gasteiger partial charge >= 0.3 is 0 Å². The van der Waals surface area contributed by atoms with E-state index < -0.39 is 5.91 Å². The summed E-state index contributed by atoms with van der Waals surface area (Å²) >= 11 is 11.7. The molecule has 0 unspecified atom stereocenters. The molecule has 9 nitrogen and oxygen atoms in total. The molecule has 1 aliphatic heterocycles. The Bertz CT molecular complexity index is 1460. The second kappa shape index (κ2) is 15.6. The van der Waals surface area contributed by atoms with Crippen molar-refractivity contribution in [2.75, 3.05) is 39.5 Å². The molecule has 41 heavy (non-hydrogen) atoms. The smallest absolute Gasteiger partial charge is 0.253 e. The van der Waals surface area contributed by atoms with Gasteiger partial charge in [-0.25, -0.2) is 4.68 Å². The fourth-order valence-corrected chi connectivity index (χ4v) is 4.76. The van der Waals surface area contributed by atoms with Gasteiger partial charge in [-0.2, -0.15) is 4.99 Å². The second-order valence-electron chi connectivity index (χ2n) is 9.18. The van der Waals surface area contributed by atoms with Crippen LogP contribution < -0.4 is 16.2 Å². The quantitative estimate of drug-likeness (QED) is 0.225. The van der Waals surface area contributed by atoms with E-state index in [9.17, 15) is 4.79 Å². The Morgan fingerprint density at radius 2 is 1.68 bits per heavy atom. The molecule has 1 saturated heterocycles. The number of halogens is 3. The number of nitrogens with zero attached hydrogens (tertiary/aromatic N) is 4. The number of rotatable bonds is 7. The summed E-state index contributed by atoms with van der Waals surface area (Å²) < 4.78 is 13.2. The summed E-state index contributed by atoms with van der Waals surface area (Å²) in [7, 11) is 0. The van der Waals surface area contributed by atoms with Crippen LogP contribution in [0.2, 0.25) is 10.0 Å². The van der Waals surface area contributed by atoms with Crippen molar-refractivity contribution < 1.29 is 14.3 Å². The molecule has 0 atom stereocenters. The first-order valence-electron chi connectivity index (χ1n) is 12.8. The Balaban J connectivity index is 0.000000250. The maximum atomic E-state index is 11.3. The second-order valence-corrected chi connectivity index (χ2v) is 9.99. The van der Waals surface area contributed by atoms with Crippen LogP contribution in [0, 0.1) is 6.92 Å². The van der Waals surface area contributed by atoms with Crippen molar-refractivity contribution >= 4 is 58.2 Å². The number of nitrogens with two attached hydrogens (primary N) is 2. The van der Waals surface area contributed by atoms with Crippen LogP contribution in [0.15, 0.2) is 71.7 Å². The lowest BCUT2D eigenvalue weighted by atomic mass is 10.1. The van der Waals surface area contributed by atoms with Crippen LogP contribution in [0.1, 0.15) is 11.3 Å². The highest BCUT2D eigenvalue weighted by Gasteiger charge is 2.12. The maximum absolute atomic E-state index is 11.3. The Hall–Kier alpha value is -3.34. The van der Waals surface area contributed by atoms with Crippen molar-refractivity contribution in [1.82, 2.24) is 14.7 Å². The summed E-state index contributed by atoms with van der Waals surface area (Å²) in [5.74, 6) is -0.0768. The van der Waals surface area contributed by atoms with Crippen LogP contribution in [-0.2, 0) is 16.0 Å². The summed E-state index contributed by atoms with van der Waals surface area (Å²) in [5, 5.41) is 7.90. The van der Waals surface area contributed by atoms with Gasteiger partial charge in [0, 0.05) is 41.4 Å². The third-order valence-electron chi connectivity index (χ3n) is 6.25. The highest BCUT2D eigenvalue weighted by molar-refractivity contribution is 6.36. The van der Waals surface area contributed by atoms with E-state index in [1.807, 2.05) is 10.7 Å². The molecule has 0 saturated carbocycles. The number of ether oxygens (including phenoxy) is 2. The van der Waals surface area contributed by atoms with Crippen LogP contribution in [0.25, 0.3) is 16.5 Å². The SMILES string of the molecule is Cc1cc(OCCN2CCOCC2)nn1-c1ccc2ccccc2c1.Cl.NC(N)=NC(=O)Cc1c(Cl)cccc1Cl. The summed E-state index contributed by atoms with van der Waals surface area (Å²) in [6.07, 6.45) is -0.0175. The van der Waals surface area contributed by atoms with Crippen LogP contribution in [0.4, 0.5) is 0 Å². The van der Waals surface area contributed by atoms with Gasteiger partial charge in [0.1, 0.15) is 6.61 Å². The van der Waals surface area contributed by atoms with Gasteiger partial charge in [-0.3, -0.25) is 9.69 Å². The Morgan fingerprint density at radius 1 is 1.00 bits per heavy atom. The van der Waals surface area contributed by atoms with Crippen molar-refractivity contribution in [3.05, 3.63) is 88.0 Å². The number of carbonyl (C=O) groups excluding carboxylic acids is 1. The van der Waals surface area contributed by atoms with Crippen LogP contribution >= 0.6 is 35.6 Å². The Kier molecular flexibility index (Phi) is 12.2. The lowest BCUT2D eigenvalue weighted by molar-refractivity contribution is -0.117. The van der Waals surface area contributed by atoms with Gasteiger partial charge in [0.2, 0.25) is 5.88 Å². The zero-order chi connectivity index (χ0) is 28.5. The molecule has 4 N–H and O–H groups in total. The molecule has 0 bridgehead atoms. The van der Waals surface area contributed by atoms with Gasteiger partial charge < -0.3 is 20.9 Å². The van der Waals surface area contributed by atoms with E-state index in [4.69, 9.17) is 44.1 Å².